The number of unbranched alkanes of at least 4 members (excludes halogenated alkanes) is 2. The van der Waals surface area contributed by atoms with E-state index in [1.54, 1.807) is 0 Å². The quantitative estimate of drug-likeness (QED) is 0.367. The Hall–Kier alpha value is -0.770. The van der Waals surface area contributed by atoms with Crippen molar-refractivity contribution in [1.82, 2.24) is 0 Å². The van der Waals surface area contributed by atoms with E-state index in [0.29, 0.717) is 12.3 Å². The van der Waals surface area contributed by atoms with Crippen molar-refractivity contribution in [3.8, 4) is 0 Å². The Labute approximate surface area is 175 Å². The zero-order chi connectivity index (χ0) is 20.7. The number of ether oxygens (including phenoxy) is 1. The second kappa shape index (κ2) is 11.0. The standard InChI is InChI=1S/C25H39F3O/c1-2-3-4-5-19-6-8-20(9-7-19)21-10-12-22(13-11-21)23-14-16-24(17-15-23)29-18-25(26,27)28/h14-16,19-22,24H,2-13,17-18H2,1H3/t19-,20-,21?,22?,24?. The Morgan fingerprint density at radius 3 is 2.14 bits per heavy atom. The topological polar surface area (TPSA) is 9.23 Å². The van der Waals surface area contributed by atoms with Crippen LogP contribution in [0.3, 0.4) is 0 Å². The Bertz CT molecular complexity index is 535. The van der Waals surface area contributed by atoms with Gasteiger partial charge in [-0.3, -0.25) is 0 Å². The fourth-order valence-corrected chi connectivity index (χ4v) is 5.80. The zero-order valence-corrected chi connectivity index (χ0v) is 18.1. The number of rotatable bonds is 8. The summed E-state index contributed by atoms with van der Waals surface area (Å²) in [5.74, 6) is 3.42. The van der Waals surface area contributed by atoms with Gasteiger partial charge in [-0.05, 0) is 74.2 Å². The predicted octanol–water partition coefficient (Wildman–Crippen LogP) is 8.01. The molecule has 1 nitrogen and oxygen atoms in total. The lowest BCUT2D eigenvalue weighted by Crippen LogP contribution is -2.27. The fourth-order valence-electron chi connectivity index (χ4n) is 5.80. The van der Waals surface area contributed by atoms with Crippen molar-refractivity contribution in [2.75, 3.05) is 6.61 Å². The first-order valence-electron chi connectivity index (χ1n) is 12.0. The molecule has 0 aromatic rings. The molecule has 0 spiro atoms. The molecular formula is C25H39F3O. The Morgan fingerprint density at radius 1 is 0.931 bits per heavy atom. The number of halogens is 3. The highest BCUT2D eigenvalue weighted by Crippen LogP contribution is 2.44. The Morgan fingerprint density at radius 2 is 1.59 bits per heavy atom. The largest absolute Gasteiger partial charge is 0.411 e. The summed E-state index contributed by atoms with van der Waals surface area (Å²) in [6.45, 7) is 1.13. The summed E-state index contributed by atoms with van der Waals surface area (Å²) in [6.07, 6.45) is 18.4. The van der Waals surface area contributed by atoms with Crippen molar-refractivity contribution < 1.29 is 17.9 Å². The van der Waals surface area contributed by atoms with Gasteiger partial charge in [0.2, 0.25) is 0 Å². The van der Waals surface area contributed by atoms with Gasteiger partial charge in [-0.1, -0.05) is 63.7 Å². The van der Waals surface area contributed by atoms with Gasteiger partial charge in [0.25, 0.3) is 0 Å². The molecule has 0 bridgehead atoms. The maximum absolute atomic E-state index is 12.3. The third-order valence-corrected chi connectivity index (χ3v) is 7.57. The summed E-state index contributed by atoms with van der Waals surface area (Å²) in [5.41, 5.74) is 1.33. The Balaban J connectivity index is 1.35. The van der Waals surface area contributed by atoms with E-state index in [4.69, 9.17) is 4.74 Å². The summed E-state index contributed by atoms with van der Waals surface area (Å²) in [4.78, 5) is 0. The first-order chi connectivity index (χ1) is 13.9. The van der Waals surface area contributed by atoms with Gasteiger partial charge < -0.3 is 4.74 Å². The van der Waals surface area contributed by atoms with Gasteiger partial charge in [-0.25, -0.2) is 0 Å². The maximum Gasteiger partial charge on any atom is 0.411 e. The van der Waals surface area contributed by atoms with Crippen molar-refractivity contribution in [3.63, 3.8) is 0 Å². The van der Waals surface area contributed by atoms with Crippen LogP contribution in [0.2, 0.25) is 0 Å². The van der Waals surface area contributed by atoms with E-state index < -0.39 is 18.9 Å². The van der Waals surface area contributed by atoms with Crippen LogP contribution >= 0.6 is 0 Å². The van der Waals surface area contributed by atoms with Gasteiger partial charge >= 0.3 is 6.18 Å². The molecule has 3 rings (SSSR count). The fraction of sp³-hybridized carbons (Fsp3) is 0.840. The molecule has 0 aromatic heterocycles. The van der Waals surface area contributed by atoms with Gasteiger partial charge in [-0.15, -0.1) is 0 Å². The minimum absolute atomic E-state index is 0.427. The molecule has 3 aliphatic carbocycles. The highest BCUT2D eigenvalue weighted by atomic mass is 19.4. The SMILES string of the molecule is CCCCC[C@H]1CC[C@H](C2CCC(C3=CCC(OCC(F)(F)F)C=C3)CC2)CC1. The van der Waals surface area contributed by atoms with Crippen LogP contribution in [0, 0.1) is 23.7 Å². The first-order valence-corrected chi connectivity index (χ1v) is 12.0. The third kappa shape index (κ3) is 7.45. The number of allylic oxidation sites excluding steroid dienone is 2. The lowest BCUT2D eigenvalue weighted by molar-refractivity contribution is -0.180. The summed E-state index contributed by atoms with van der Waals surface area (Å²) < 4.78 is 41.8. The average Bonchev–Trinajstić information content (AvgIpc) is 2.73. The van der Waals surface area contributed by atoms with Crippen molar-refractivity contribution in [2.24, 2.45) is 23.7 Å². The summed E-state index contributed by atoms with van der Waals surface area (Å²) in [7, 11) is 0. The van der Waals surface area contributed by atoms with Gasteiger partial charge in [0.1, 0.15) is 6.61 Å². The highest BCUT2D eigenvalue weighted by molar-refractivity contribution is 5.27. The van der Waals surface area contributed by atoms with E-state index in [1.807, 2.05) is 12.2 Å². The van der Waals surface area contributed by atoms with Gasteiger partial charge in [0.15, 0.2) is 0 Å². The summed E-state index contributed by atoms with van der Waals surface area (Å²) >= 11 is 0. The predicted molar refractivity (Wildman–Crippen MR) is 113 cm³/mol. The third-order valence-electron chi connectivity index (χ3n) is 7.57. The van der Waals surface area contributed by atoms with Gasteiger partial charge in [-0.2, -0.15) is 13.2 Å². The molecular weight excluding hydrogens is 373 g/mol. The molecule has 0 saturated heterocycles. The van der Waals surface area contributed by atoms with Crippen LogP contribution in [0.15, 0.2) is 23.8 Å². The van der Waals surface area contributed by atoms with Crippen LogP contribution in [0.1, 0.15) is 90.4 Å². The second-order valence-corrected chi connectivity index (χ2v) is 9.65. The average molecular weight is 413 g/mol. The molecule has 0 radical (unpaired) electrons. The number of hydrogen-bond donors (Lipinski definition) is 0. The first kappa shape index (κ1) is 22.9. The molecule has 166 valence electrons. The molecule has 1 atom stereocenters. The van der Waals surface area contributed by atoms with E-state index in [0.717, 1.165) is 17.8 Å². The molecule has 2 fully saturated rings. The van der Waals surface area contributed by atoms with Crippen LogP contribution in [0.25, 0.3) is 0 Å². The molecule has 0 aromatic carbocycles. The van der Waals surface area contributed by atoms with E-state index in [9.17, 15) is 13.2 Å². The molecule has 4 heteroatoms. The van der Waals surface area contributed by atoms with Crippen LogP contribution in [0.5, 0.6) is 0 Å². The monoisotopic (exact) mass is 412 g/mol. The smallest absolute Gasteiger partial charge is 0.364 e. The highest BCUT2D eigenvalue weighted by Gasteiger charge is 2.32. The maximum atomic E-state index is 12.3. The minimum atomic E-state index is -4.25. The van der Waals surface area contributed by atoms with E-state index in [-0.39, 0.29) is 0 Å². The summed E-state index contributed by atoms with van der Waals surface area (Å²) in [5, 5.41) is 0. The lowest BCUT2D eigenvalue weighted by Gasteiger charge is -2.38. The van der Waals surface area contributed by atoms with E-state index in [1.165, 1.54) is 82.6 Å². The van der Waals surface area contributed by atoms with Crippen molar-refractivity contribution in [3.05, 3.63) is 23.8 Å². The van der Waals surface area contributed by atoms with Crippen LogP contribution in [-0.4, -0.2) is 18.9 Å². The van der Waals surface area contributed by atoms with Crippen molar-refractivity contribution in [1.29, 1.82) is 0 Å². The zero-order valence-electron chi connectivity index (χ0n) is 18.1. The molecule has 2 saturated carbocycles. The van der Waals surface area contributed by atoms with Crippen LogP contribution in [0.4, 0.5) is 13.2 Å². The number of alkyl halides is 3. The molecule has 3 aliphatic rings. The normalized spacial score (nSPS) is 33.5. The van der Waals surface area contributed by atoms with E-state index in [2.05, 4.69) is 13.0 Å². The van der Waals surface area contributed by atoms with Crippen molar-refractivity contribution in [2.45, 2.75) is 103 Å². The molecule has 1 unspecified atom stereocenters. The molecule has 29 heavy (non-hydrogen) atoms. The summed E-state index contributed by atoms with van der Waals surface area (Å²) in [6, 6.07) is 0. The van der Waals surface area contributed by atoms with Gasteiger partial charge in [0.05, 0.1) is 6.10 Å². The second-order valence-electron chi connectivity index (χ2n) is 9.65. The Kier molecular flexibility index (Phi) is 8.70. The van der Waals surface area contributed by atoms with Crippen LogP contribution in [-0.2, 0) is 4.74 Å². The van der Waals surface area contributed by atoms with Gasteiger partial charge in [0, 0.05) is 0 Å². The molecule has 0 aliphatic heterocycles. The minimum Gasteiger partial charge on any atom is -0.364 e. The lowest BCUT2D eigenvalue weighted by atomic mass is 9.67. The number of hydrogen-bond acceptors (Lipinski definition) is 1. The van der Waals surface area contributed by atoms with Crippen molar-refractivity contribution >= 4 is 0 Å². The molecule has 0 amide bonds. The molecule has 0 heterocycles. The molecule has 0 N–H and O–H groups in total. The van der Waals surface area contributed by atoms with Crippen LogP contribution < -0.4 is 0 Å². The van der Waals surface area contributed by atoms with E-state index >= 15 is 0 Å².